The van der Waals surface area contributed by atoms with E-state index in [2.05, 4.69) is 0 Å². The Hall–Kier alpha value is -1.04. The first-order valence-electron chi connectivity index (χ1n) is 4.90. The molecule has 0 spiro atoms. The average molecular weight is 241 g/mol. The minimum Gasteiger partial charge on any atom is -0.493 e. The van der Waals surface area contributed by atoms with Crippen LogP contribution in [0, 0.1) is 0 Å². The van der Waals surface area contributed by atoms with Gasteiger partial charge in [-0.15, -0.1) is 0 Å². The van der Waals surface area contributed by atoms with Crippen LogP contribution in [0.1, 0.15) is 5.56 Å². The number of hydrogen-bond donors (Lipinski definition) is 0. The van der Waals surface area contributed by atoms with E-state index in [9.17, 15) is 0 Å². The van der Waals surface area contributed by atoms with E-state index in [1.807, 2.05) is 18.2 Å². The summed E-state index contributed by atoms with van der Waals surface area (Å²) >= 11 is 0. The number of ether oxygens (including phenoxy) is 2. The van der Waals surface area contributed by atoms with Crippen LogP contribution < -0.4 is 9.47 Å². The molecule has 0 aliphatic heterocycles. The van der Waals surface area contributed by atoms with Crippen molar-refractivity contribution in [2.45, 2.75) is 6.04 Å². The monoisotopic (exact) mass is 241 g/mol. The Balaban J connectivity index is 2.94. The van der Waals surface area contributed by atoms with Crippen molar-refractivity contribution < 1.29 is 18.3 Å². The Morgan fingerprint density at radius 3 is 2.19 bits per heavy atom. The zero-order valence-electron chi connectivity index (χ0n) is 10.1. The molecular weight excluding hydrogens is 224 g/mol. The SMILES string of the molecule is COc1cccc(C[Si](OC)OC)c1OC. The summed E-state index contributed by atoms with van der Waals surface area (Å²) in [5.74, 6) is 1.48. The van der Waals surface area contributed by atoms with Crippen LogP contribution in [0.2, 0.25) is 0 Å². The van der Waals surface area contributed by atoms with Gasteiger partial charge in [-0.25, -0.2) is 0 Å². The molecule has 0 N–H and O–H groups in total. The van der Waals surface area contributed by atoms with Gasteiger partial charge >= 0.3 is 9.28 Å². The van der Waals surface area contributed by atoms with Crippen molar-refractivity contribution in [3.8, 4) is 11.5 Å². The quantitative estimate of drug-likeness (QED) is 0.708. The lowest BCUT2D eigenvalue weighted by Crippen LogP contribution is -2.23. The lowest BCUT2D eigenvalue weighted by molar-refractivity contribution is 0.276. The van der Waals surface area contributed by atoms with Crippen LogP contribution >= 0.6 is 0 Å². The Morgan fingerprint density at radius 1 is 1.00 bits per heavy atom. The van der Waals surface area contributed by atoms with Gasteiger partial charge in [-0.05, 0) is 11.6 Å². The van der Waals surface area contributed by atoms with E-state index in [4.69, 9.17) is 18.3 Å². The normalized spacial score (nSPS) is 10.6. The van der Waals surface area contributed by atoms with Gasteiger partial charge in [-0.1, -0.05) is 12.1 Å². The molecule has 0 saturated carbocycles. The summed E-state index contributed by atoms with van der Waals surface area (Å²) in [5, 5.41) is 0. The lowest BCUT2D eigenvalue weighted by atomic mass is 10.2. The highest BCUT2D eigenvalue weighted by atomic mass is 28.3. The van der Waals surface area contributed by atoms with Crippen LogP contribution in [-0.2, 0) is 14.9 Å². The average Bonchev–Trinajstić information content (AvgIpc) is 2.35. The molecule has 89 valence electrons. The molecule has 16 heavy (non-hydrogen) atoms. The third kappa shape index (κ3) is 2.97. The first-order chi connectivity index (χ1) is 7.76. The maximum Gasteiger partial charge on any atom is 0.388 e. The fourth-order valence-corrected chi connectivity index (χ4v) is 2.52. The third-order valence-electron chi connectivity index (χ3n) is 2.27. The predicted octanol–water partition coefficient (Wildman–Crippen LogP) is 1.57. The number of para-hydroxylation sites is 1. The van der Waals surface area contributed by atoms with E-state index < -0.39 is 9.28 Å². The summed E-state index contributed by atoms with van der Waals surface area (Å²) in [4.78, 5) is 0. The second-order valence-electron chi connectivity index (χ2n) is 3.11. The van der Waals surface area contributed by atoms with Crippen molar-refractivity contribution >= 4 is 9.28 Å². The fourth-order valence-electron chi connectivity index (χ4n) is 1.48. The van der Waals surface area contributed by atoms with E-state index in [1.54, 1.807) is 28.4 Å². The van der Waals surface area contributed by atoms with Gasteiger partial charge in [-0.2, -0.15) is 0 Å². The second-order valence-corrected chi connectivity index (χ2v) is 5.02. The standard InChI is InChI=1S/C11H17O4Si/c1-12-10-7-5-6-9(11(10)13-2)8-16(14-3)15-4/h5-7H,8H2,1-4H3. The summed E-state index contributed by atoms with van der Waals surface area (Å²) in [6, 6.07) is 6.51. The smallest absolute Gasteiger partial charge is 0.388 e. The molecule has 0 bridgehead atoms. The Labute approximate surface area is 97.9 Å². The minimum absolute atomic E-state index is 0.720. The van der Waals surface area contributed by atoms with E-state index >= 15 is 0 Å². The van der Waals surface area contributed by atoms with Crippen LogP contribution in [0.15, 0.2) is 18.2 Å². The van der Waals surface area contributed by atoms with Gasteiger partial charge in [-0.3, -0.25) is 0 Å². The van der Waals surface area contributed by atoms with Gasteiger partial charge in [0, 0.05) is 20.3 Å². The first kappa shape index (κ1) is 13.0. The summed E-state index contributed by atoms with van der Waals surface area (Å²) < 4.78 is 21.1. The highest BCUT2D eigenvalue weighted by molar-refractivity contribution is 6.43. The Kier molecular flexibility index (Phi) is 5.31. The molecule has 1 aromatic rings. The molecule has 0 saturated heterocycles. The highest BCUT2D eigenvalue weighted by Gasteiger charge is 2.18. The predicted molar refractivity (Wildman–Crippen MR) is 63.0 cm³/mol. The topological polar surface area (TPSA) is 36.9 Å². The van der Waals surface area contributed by atoms with E-state index in [1.165, 1.54) is 0 Å². The van der Waals surface area contributed by atoms with Gasteiger partial charge in [0.05, 0.1) is 14.2 Å². The highest BCUT2D eigenvalue weighted by Crippen LogP contribution is 2.31. The van der Waals surface area contributed by atoms with Gasteiger partial charge in [0.15, 0.2) is 11.5 Å². The summed E-state index contributed by atoms with van der Waals surface area (Å²) in [6.07, 6.45) is 0. The van der Waals surface area contributed by atoms with Crippen LogP contribution in [-0.4, -0.2) is 37.7 Å². The van der Waals surface area contributed by atoms with Crippen LogP contribution in [0.3, 0.4) is 0 Å². The first-order valence-corrected chi connectivity index (χ1v) is 6.42. The van der Waals surface area contributed by atoms with Crippen molar-refractivity contribution in [2.75, 3.05) is 28.4 Å². The molecule has 1 radical (unpaired) electrons. The summed E-state index contributed by atoms with van der Waals surface area (Å²) in [7, 11) is 5.30. The molecule has 0 aromatic heterocycles. The van der Waals surface area contributed by atoms with Gasteiger partial charge in [0.2, 0.25) is 0 Å². The third-order valence-corrected chi connectivity index (χ3v) is 3.85. The molecule has 4 nitrogen and oxygen atoms in total. The number of benzene rings is 1. The maximum atomic E-state index is 5.34. The van der Waals surface area contributed by atoms with Crippen molar-refractivity contribution in [3.05, 3.63) is 23.8 Å². The van der Waals surface area contributed by atoms with Crippen molar-refractivity contribution in [2.24, 2.45) is 0 Å². The molecule has 0 aliphatic rings. The van der Waals surface area contributed by atoms with Gasteiger partial charge < -0.3 is 18.3 Å². The fraction of sp³-hybridized carbons (Fsp3) is 0.455. The Morgan fingerprint density at radius 2 is 1.69 bits per heavy atom. The molecule has 0 unspecified atom stereocenters. The number of rotatable bonds is 6. The molecule has 0 aliphatic carbocycles. The molecule has 0 fully saturated rings. The van der Waals surface area contributed by atoms with Crippen molar-refractivity contribution in [1.29, 1.82) is 0 Å². The van der Waals surface area contributed by atoms with Crippen LogP contribution in [0.4, 0.5) is 0 Å². The number of methoxy groups -OCH3 is 2. The molecule has 1 rings (SSSR count). The molecule has 0 atom stereocenters. The zero-order chi connectivity index (χ0) is 12.0. The molecule has 0 heterocycles. The molecule has 1 aromatic carbocycles. The van der Waals surface area contributed by atoms with E-state index in [0.29, 0.717) is 0 Å². The molecule has 5 heteroatoms. The zero-order valence-corrected chi connectivity index (χ0v) is 11.1. The minimum atomic E-state index is -1.27. The second kappa shape index (κ2) is 6.52. The largest absolute Gasteiger partial charge is 0.493 e. The summed E-state index contributed by atoms with van der Waals surface area (Å²) in [6.45, 7) is 0. The maximum absolute atomic E-state index is 5.34. The van der Waals surface area contributed by atoms with E-state index in [0.717, 1.165) is 23.1 Å². The Bertz CT molecular complexity index is 326. The lowest BCUT2D eigenvalue weighted by Gasteiger charge is -2.14. The van der Waals surface area contributed by atoms with Crippen molar-refractivity contribution in [3.63, 3.8) is 0 Å². The molecule has 0 amide bonds. The van der Waals surface area contributed by atoms with Crippen LogP contribution in [0.25, 0.3) is 0 Å². The van der Waals surface area contributed by atoms with Gasteiger partial charge in [0.1, 0.15) is 0 Å². The summed E-state index contributed by atoms with van der Waals surface area (Å²) in [5.41, 5.74) is 1.04. The number of hydrogen-bond acceptors (Lipinski definition) is 4. The van der Waals surface area contributed by atoms with E-state index in [-0.39, 0.29) is 0 Å². The van der Waals surface area contributed by atoms with Gasteiger partial charge in [0.25, 0.3) is 0 Å². The van der Waals surface area contributed by atoms with Crippen LogP contribution in [0.5, 0.6) is 11.5 Å². The van der Waals surface area contributed by atoms with Crippen molar-refractivity contribution in [1.82, 2.24) is 0 Å². The molecular formula is C11H17O4Si.